The minimum absolute atomic E-state index is 0.524. The van der Waals surface area contributed by atoms with Gasteiger partial charge in [-0.2, -0.15) is 0 Å². The summed E-state index contributed by atoms with van der Waals surface area (Å²) in [7, 11) is 0. The molecule has 0 aliphatic heterocycles. The molecule has 1 aliphatic rings. The fourth-order valence-electron chi connectivity index (χ4n) is 2.59. The van der Waals surface area contributed by atoms with Crippen LogP contribution in [0.5, 0.6) is 0 Å². The smallest absolute Gasteiger partial charge is 0.0208 e. The summed E-state index contributed by atoms with van der Waals surface area (Å²) < 4.78 is 0. The SMILES string of the molecule is Cc1ccc(CC(C)NCc2ccc(C3CC3)cc2)s1. The van der Waals surface area contributed by atoms with Gasteiger partial charge in [-0.05, 0) is 62.3 Å². The molecule has 1 nitrogen and oxygen atoms in total. The van der Waals surface area contributed by atoms with Gasteiger partial charge in [0, 0.05) is 22.3 Å². The third-order valence-electron chi connectivity index (χ3n) is 3.99. The number of hydrogen-bond donors (Lipinski definition) is 1. The molecule has 1 fully saturated rings. The first kappa shape index (κ1) is 13.8. The zero-order chi connectivity index (χ0) is 13.9. The van der Waals surface area contributed by atoms with Crippen LogP contribution in [0.3, 0.4) is 0 Å². The van der Waals surface area contributed by atoms with E-state index < -0.39 is 0 Å². The third kappa shape index (κ3) is 3.71. The molecule has 3 rings (SSSR count). The lowest BCUT2D eigenvalue weighted by atomic mass is 10.1. The summed E-state index contributed by atoms with van der Waals surface area (Å²) in [5.41, 5.74) is 2.92. The zero-order valence-corrected chi connectivity index (χ0v) is 13.2. The second-order valence-corrected chi connectivity index (χ2v) is 7.39. The van der Waals surface area contributed by atoms with E-state index in [2.05, 4.69) is 55.6 Å². The standard InChI is InChI=1S/C18H23NS/c1-13(11-18-10-3-14(2)20-18)19-12-15-4-6-16(7-5-15)17-8-9-17/h3-7,10,13,17,19H,8-9,11-12H2,1-2H3. The molecule has 2 aromatic rings. The van der Waals surface area contributed by atoms with E-state index in [0.29, 0.717) is 6.04 Å². The number of nitrogens with one attached hydrogen (secondary N) is 1. The highest BCUT2D eigenvalue weighted by atomic mass is 32.1. The average Bonchev–Trinajstić information content (AvgIpc) is 3.21. The van der Waals surface area contributed by atoms with Crippen LogP contribution in [0.4, 0.5) is 0 Å². The van der Waals surface area contributed by atoms with Crippen molar-refractivity contribution in [3.63, 3.8) is 0 Å². The molecule has 1 saturated carbocycles. The lowest BCUT2D eigenvalue weighted by Crippen LogP contribution is -2.27. The normalized spacial score (nSPS) is 16.3. The maximum Gasteiger partial charge on any atom is 0.0208 e. The third-order valence-corrected chi connectivity index (χ3v) is 5.01. The monoisotopic (exact) mass is 285 g/mol. The summed E-state index contributed by atoms with van der Waals surface area (Å²) in [6, 6.07) is 14.2. The largest absolute Gasteiger partial charge is 0.310 e. The van der Waals surface area contributed by atoms with Crippen molar-refractivity contribution in [1.29, 1.82) is 0 Å². The van der Waals surface area contributed by atoms with Gasteiger partial charge in [0.05, 0.1) is 0 Å². The summed E-state index contributed by atoms with van der Waals surface area (Å²) in [6.07, 6.45) is 3.89. The molecule has 0 spiro atoms. The Morgan fingerprint density at radius 1 is 1.15 bits per heavy atom. The van der Waals surface area contributed by atoms with Gasteiger partial charge in [0.15, 0.2) is 0 Å². The molecular weight excluding hydrogens is 262 g/mol. The van der Waals surface area contributed by atoms with Crippen LogP contribution in [0.15, 0.2) is 36.4 Å². The maximum absolute atomic E-state index is 3.63. The molecule has 1 heterocycles. The van der Waals surface area contributed by atoms with Gasteiger partial charge in [-0.15, -0.1) is 11.3 Å². The molecule has 1 aliphatic carbocycles. The molecule has 106 valence electrons. The molecule has 2 heteroatoms. The molecule has 1 unspecified atom stereocenters. The fraction of sp³-hybridized carbons (Fsp3) is 0.444. The maximum atomic E-state index is 3.63. The van der Waals surface area contributed by atoms with Crippen molar-refractivity contribution in [3.8, 4) is 0 Å². The molecule has 1 atom stereocenters. The van der Waals surface area contributed by atoms with Gasteiger partial charge in [0.2, 0.25) is 0 Å². The van der Waals surface area contributed by atoms with Crippen LogP contribution in [0.1, 0.15) is 46.6 Å². The van der Waals surface area contributed by atoms with Gasteiger partial charge < -0.3 is 5.32 Å². The van der Waals surface area contributed by atoms with Crippen LogP contribution < -0.4 is 5.32 Å². The van der Waals surface area contributed by atoms with E-state index in [1.165, 1.54) is 33.7 Å². The first-order valence-corrected chi connectivity index (χ1v) is 8.40. The quantitative estimate of drug-likeness (QED) is 0.814. The van der Waals surface area contributed by atoms with E-state index >= 15 is 0 Å². The summed E-state index contributed by atoms with van der Waals surface area (Å²) in [5, 5.41) is 3.63. The zero-order valence-electron chi connectivity index (χ0n) is 12.4. The second kappa shape index (κ2) is 6.11. The Morgan fingerprint density at radius 2 is 1.90 bits per heavy atom. The second-order valence-electron chi connectivity index (χ2n) is 6.01. The van der Waals surface area contributed by atoms with Gasteiger partial charge in [0.1, 0.15) is 0 Å². The Bertz CT molecular complexity index is 551. The first-order chi connectivity index (χ1) is 9.70. The molecule has 1 N–H and O–H groups in total. The van der Waals surface area contributed by atoms with E-state index in [1.54, 1.807) is 0 Å². The van der Waals surface area contributed by atoms with Crippen LogP contribution in [0.2, 0.25) is 0 Å². The number of rotatable bonds is 6. The van der Waals surface area contributed by atoms with E-state index in [1.807, 2.05) is 11.3 Å². The fourth-order valence-corrected chi connectivity index (χ4v) is 3.60. The Kier molecular flexibility index (Phi) is 4.23. The molecule has 1 aromatic heterocycles. The van der Waals surface area contributed by atoms with E-state index in [9.17, 15) is 0 Å². The van der Waals surface area contributed by atoms with E-state index in [0.717, 1.165) is 18.9 Å². The molecule has 0 bridgehead atoms. The molecule has 20 heavy (non-hydrogen) atoms. The highest BCUT2D eigenvalue weighted by Crippen LogP contribution is 2.39. The predicted octanol–water partition coefficient (Wildman–Crippen LogP) is 4.65. The lowest BCUT2D eigenvalue weighted by molar-refractivity contribution is 0.548. The molecule has 0 radical (unpaired) electrons. The highest BCUT2D eigenvalue weighted by molar-refractivity contribution is 7.11. The van der Waals surface area contributed by atoms with Crippen molar-refractivity contribution >= 4 is 11.3 Å². The Labute approximate surface area is 126 Å². The van der Waals surface area contributed by atoms with Gasteiger partial charge in [0.25, 0.3) is 0 Å². The Hall–Kier alpha value is -1.12. The van der Waals surface area contributed by atoms with Crippen molar-refractivity contribution in [2.75, 3.05) is 0 Å². The molecule has 0 amide bonds. The van der Waals surface area contributed by atoms with Crippen molar-refractivity contribution in [2.45, 2.75) is 51.6 Å². The first-order valence-electron chi connectivity index (χ1n) is 7.58. The summed E-state index contributed by atoms with van der Waals surface area (Å²) >= 11 is 1.91. The highest BCUT2D eigenvalue weighted by Gasteiger charge is 2.22. The van der Waals surface area contributed by atoms with Crippen LogP contribution in [-0.2, 0) is 13.0 Å². The van der Waals surface area contributed by atoms with Crippen LogP contribution in [0.25, 0.3) is 0 Å². The van der Waals surface area contributed by atoms with E-state index in [-0.39, 0.29) is 0 Å². The Balaban J connectivity index is 1.48. The van der Waals surface area contributed by atoms with Gasteiger partial charge >= 0.3 is 0 Å². The van der Waals surface area contributed by atoms with Crippen LogP contribution >= 0.6 is 11.3 Å². The average molecular weight is 285 g/mol. The minimum atomic E-state index is 0.524. The molecule has 0 saturated heterocycles. The summed E-state index contributed by atoms with van der Waals surface area (Å²) in [4.78, 5) is 2.88. The molecular formula is C18H23NS. The van der Waals surface area contributed by atoms with Gasteiger partial charge in [-0.1, -0.05) is 24.3 Å². The van der Waals surface area contributed by atoms with E-state index in [4.69, 9.17) is 0 Å². The minimum Gasteiger partial charge on any atom is -0.310 e. The van der Waals surface area contributed by atoms with Crippen LogP contribution in [0, 0.1) is 6.92 Å². The predicted molar refractivity (Wildman–Crippen MR) is 87.5 cm³/mol. The summed E-state index contributed by atoms with van der Waals surface area (Å²) in [5.74, 6) is 0.859. The molecule has 1 aromatic carbocycles. The van der Waals surface area contributed by atoms with Crippen LogP contribution in [-0.4, -0.2) is 6.04 Å². The number of thiophene rings is 1. The van der Waals surface area contributed by atoms with Crippen molar-refractivity contribution < 1.29 is 0 Å². The number of hydrogen-bond acceptors (Lipinski definition) is 2. The van der Waals surface area contributed by atoms with Gasteiger partial charge in [-0.25, -0.2) is 0 Å². The Morgan fingerprint density at radius 3 is 2.50 bits per heavy atom. The topological polar surface area (TPSA) is 12.0 Å². The number of benzene rings is 1. The van der Waals surface area contributed by atoms with Crippen molar-refractivity contribution in [3.05, 3.63) is 57.3 Å². The lowest BCUT2D eigenvalue weighted by Gasteiger charge is -2.13. The van der Waals surface area contributed by atoms with Gasteiger partial charge in [-0.3, -0.25) is 0 Å². The van der Waals surface area contributed by atoms with Crippen molar-refractivity contribution in [2.24, 2.45) is 0 Å². The summed E-state index contributed by atoms with van der Waals surface area (Å²) in [6.45, 7) is 5.41. The number of aryl methyl sites for hydroxylation is 1. The van der Waals surface area contributed by atoms with Crippen molar-refractivity contribution in [1.82, 2.24) is 5.32 Å².